The number of fused-ring (bicyclic) bond motifs is 2. The van der Waals surface area contributed by atoms with Crippen molar-refractivity contribution in [2.45, 2.75) is 16.7 Å². The Labute approximate surface area is 206 Å². The maximum Gasteiger partial charge on any atom is 0.338 e. The van der Waals surface area contributed by atoms with Crippen LogP contribution in [0.15, 0.2) is 73.3 Å². The SMILES string of the molecule is Cc1cc(Br)c(NC(=O)COC(=O)c2ccc3c(c2)S(=O)(=O)c2ccccc2C3=O)c(Br)c1. The highest BCUT2D eigenvalue weighted by Crippen LogP contribution is 2.35. The van der Waals surface area contributed by atoms with Gasteiger partial charge in [0.2, 0.25) is 9.84 Å². The van der Waals surface area contributed by atoms with Gasteiger partial charge in [-0.2, -0.15) is 0 Å². The molecule has 10 heteroatoms. The second kappa shape index (κ2) is 8.85. The zero-order valence-electron chi connectivity index (χ0n) is 17.0. The highest BCUT2D eigenvalue weighted by atomic mass is 79.9. The number of ketones is 1. The fourth-order valence-electron chi connectivity index (χ4n) is 3.42. The molecule has 0 aromatic heterocycles. The van der Waals surface area contributed by atoms with Crippen molar-refractivity contribution >= 4 is 65.0 Å². The van der Waals surface area contributed by atoms with Gasteiger partial charge in [-0.1, -0.05) is 12.1 Å². The van der Waals surface area contributed by atoms with E-state index in [0.29, 0.717) is 14.6 Å². The average Bonchev–Trinajstić information content (AvgIpc) is 2.78. The number of ether oxygens (including phenoxy) is 1. The molecular formula is C23H15Br2NO6S. The number of carbonyl (C=O) groups is 3. The van der Waals surface area contributed by atoms with Gasteiger partial charge in [0.1, 0.15) is 0 Å². The van der Waals surface area contributed by atoms with Gasteiger partial charge < -0.3 is 10.1 Å². The zero-order chi connectivity index (χ0) is 23.9. The Balaban J connectivity index is 1.52. The topological polar surface area (TPSA) is 107 Å². The lowest BCUT2D eigenvalue weighted by Crippen LogP contribution is -2.23. The largest absolute Gasteiger partial charge is 0.452 e. The van der Waals surface area contributed by atoms with Gasteiger partial charge in [0.25, 0.3) is 5.91 Å². The lowest BCUT2D eigenvalue weighted by molar-refractivity contribution is -0.119. The fourth-order valence-corrected chi connectivity index (χ4v) is 6.71. The number of hydrogen-bond donors (Lipinski definition) is 1. The lowest BCUT2D eigenvalue weighted by Gasteiger charge is -2.19. The summed E-state index contributed by atoms with van der Waals surface area (Å²) in [5, 5.41) is 2.64. The molecule has 4 rings (SSSR count). The van der Waals surface area contributed by atoms with E-state index in [1.807, 2.05) is 19.1 Å². The van der Waals surface area contributed by atoms with Crippen molar-refractivity contribution in [3.8, 4) is 0 Å². The van der Waals surface area contributed by atoms with E-state index in [4.69, 9.17) is 4.74 Å². The van der Waals surface area contributed by atoms with E-state index in [1.54, 1.807) is 6.07 Å². The molecule has 0 saturated heterocycles. The normalized spacial score (nSPS) is 13.6. The molecule has 0 aliphatic carbocycles. The Kier molecular flexibility index (Phi) is 6.26. The van der Waals surface area contributed by atoms with Gasteiger partial charge in [-0.3, -0.25) is 9.59 Å². The number of esters is 1. The molecule has 0 radical (unpaired) electrons. The predicted molar refractivity (Wildman–Crippen MR) is 127 cm³/mol. The number of aryl methyl sites for hydroxylation is 1. The van der Waals surface area contributed by atoms with Crippen LogP contribution in [0.25, 0.3) is 0 Å². The number of benzene rings is 3. The molecular weight excluding hydrogens is 578 g/mol. The zero-order valence-corrected chi connectivity index (χ0v) is 21.0. The van der Waals surface area contributed by atoms with Crippen LogP contribution in [0.5, 0.6) is 0 Å². The van der Waals surface area contributed by atoms with Crippen molar-refractivity contribution < 1.29 is 27.5 Å². The first-order valence-electron chi connectivity index (χ1n) is 9.55. The quantitative estimate of drug-likeness (QED) is 0.345. The smallest absolute Gasteiger partial charge is 0.338 e. The first kappa shape index (κ1) is 23.3. The summed E-state index contributed by atoms with van der Waals surface area (Å²) < 4.78 is 32.4. The Hall–Kier alpha value is -2.82. The molecule has 33 heavy (non-hydrogen) atoms. The minimum atomic E-state index is -3.99. The molecule has 0 spiro atoms. The second-order valence-electron chi connectivity index (χ2n) is 7.27. The van der Waals surface area contributed by atoms with Gasteiger partial charge in [-0.05, 0) is 86.8 Å². The highest BCUT2D eigenvalue weighted by Gasteiger charge is 2.35. The summed E-state index contributed by atoms with van der Waals surface area (Å²) in [6, 6.07) is 13.2. The number of anilines is 1. The summed E-state index contributed by atoms with van der Waals surface area (Å²) in [5.41, 5.74) is 1.44. The van der Waals surface area contributed by atoms with E-state index in [1.165, 1.54) is 30.3 Å². The number of amides is 1. The molecule has 0 fully saturated rings. The van der Waals surface area contributed by atoms with Crippen LogP contribution in [0, 0.1) is 6.92 Å². The third-order valence-corrected chi connectivity index (χ3v) is 8.06. The fraction of sp³-hybridized carbons (Fsp3) is 0.0870. The number of sulfone groups is 1. The molecule has 3 aromatic rings. The van der Waals surface area contributed by atoms with Gasteiger partial charge >= 0.3 is 5.97 Å². The van der Waals surface area contributed by atoms with Crippen molar-refractivity contribution in [1.82, 2.24) is 0 Å². The Morgan fingerprint density at radius 1 is 0.939 bits per heavy atom. The summed E-state index contributed by atoms with van der Waals surface area (Å²) in [4.78, 5) is 37.1. The van der Waals surface area contributed by atoms with E-state index >= 15 is 0 Å². The molecule has 1 heterocycles. The monoisotopic (exact) mass is 591 g/mol. The van der Waals surface area contributed by atoms with E-state index in [0.717, 1.165) is 11.6 Å². The van der Waals surface area contributed by atoms with Crippen LogP contribution in [0.1, 0.15) is 31.8 Å². The van der Waals surface area contributed by atoms with Crippen molar-refractivity contribution in [3.05, 3.63) is 85.8 Å². The molecule has 1 aliphatic rings. The van der Waals surface area contributed by atoms with Crippen LogP contribution in [0.3, 0.4) is 0 Å². The molecule has 1 aliphatic heterocycles. The van der Waals surface area contributed by atoms with Crippen LogP contribution in [0.4, 0.5) is 5.69 Å². The molecule has 0 unspecified atom stereocenters. The second-order valence-corrected chi connectivity index (χ2v) is 10.9. The third-order valence-electron chi connectivity index (χ3n) is 4.96. The van der Waals surface area contributed by atoms with Crippen molar-refractivity contribution in [3.63, 3.8) is 0 Å². The summed E-state index contributed by atoms with van der Waals surface area (Å²) in [5.74, 6) is -1.91. The summed E-state index contributed by atoms with van der Waals surface area (Å²) in [6.07, 6.45) is 0. The average molecular weight is 593 g/mol. The Morgan fingerprint density at radius 2 is 1.58 bits per heavy atom. The van der Waals surface area contributed by atoms with E-state index in [9.17, 15) is 22.8 Å². The summed E-state index contributed by atoms with van der Waals surface area (Å²) in [6.45, 7) is 1.31. The number of hydrogen-bond acceptors (Lipinski definition) is 6. The lowest BCUT2D eigenvalue weighted by atomic mass is 10.0. The number of rotatable bonds is 4. The molecule has 0 bridgehead atoms. The highest BCUT2D eigenvalue weighted by molar-refractivity contribution is 9.11. The Morgan fingerprint density at radius 3 is 2.27 bits per heavy atom. The molecule has 168 valence electrons. The molecule has 7 nitrogen and oxygen atoms in total. The number of nitrogens with one attached hydrogen (secondary N) is 1. The van der Waals surface area contributed by atoms with Gasteiger partial charge in [0, 0.05) is 20.1 Å². The maximum atomic E-state index is 13.0. The van der Waals surface area contributed by atoms with Gasteiger partial charge in [-0.25, -0.2) is 13.2 Å². The molecule has 3 aromatic carbocycles. The van der Waals surface area contributed by atoms with Crippen LogP contribution in [-0.2, 0) is 19.4 Å². The van der Waals surface area contributed by atoms with Gasteiger partial charge in [0.05, 0.1) is 21.0 Å². The molecule has 1 N–H and O–H groups in total. The maximum absolute atomic E-state index is 13.0. The first-order valence-corrected chi connectivity index (χ1v) is 12.6. The Bertz CT molecular complexity index is 1430. The summed E-state index contributed by atoms with van der Waals surface area (Å²) >= 11 is 6.74. The van der Waals surface area contributed by atoms with Crippen molar-refractivity contribution in [2.24, 2.45) is 0 Å². The van der Waals surface area contributed by atoms with E-state index < -0.39 is 34.1 Å². The van der Waals surface area contributed by atoms with Crippen LogP contribution < -0.4 is 5.32 Å². The molecule has 0 saturated carbocycles. The van der Waals surface area contributed by atoms with Crippen LogP contribution in [-0.4, -0.2) is 32.7 Å². The minimum absolute atomic E-state index is 0.0166. The minimum Gasteiger partial charge on any atom is -0.452 e. The van der Waals surface area contributed by atoms with E-state index in [2.05, 4.69) is 37.2 Å². The summed E-state index contributed by atoms with van der Waals surface area (Å²) in [7, 11) is -3.99. The standard InChI is InChI=1S/C23H15Br2NO6S/c1-12-8-16(24)21(17(25)9-12)26-20(27)11-32-23(29)13-6-7-15-19(10-13)33(30,31)18-5-3-2-4-14(18)22(15)28/h2-10H,11H2,1H3,(H,26,27). The van der Waals surface area contributed by atoms with Gasteiger partial charge in [0.15, 0.2) is 12.4 Å². The molecule has 1 amide bonds. The van der Waals surface area contributed by atoms with Crippen LogP contribution in [0.2, 0.25) is 0 Å². The van der Waals surface area contributed by atoms with Crippen molar-refractivity contribution in [1.29, 1.82) is 0 Å². The van der Waals surface area contributed by atoms with Crippen molar-refractivity contribution in [2.75, 3.05) is 11.9 Å². The van der Waals surface area contributed by atoms with Crippen LogP contribution >= 0.6 is 31.9 Å². The van der Waals surface area contributed by atoms with E-state index in [-0.39, 0.29) is 26.5 Å². The predicted octanol–water partition coefficient (Wildman–Crippen LogP) is 4.69. The third kappa shape index (κ3) is 4.38. The van der Waals surface area contributed by atoms with Gasteiger partial charge in [-0.15, -0.1) is 0 Å². The number of halogens is 2. The first-order chi connectivity index (χ1) is 15.6. The number of carbonyl (C=O) groups excluding carboxylic acids is 3. The molecule has 0 atom stereocenters.